The average Bonchev–Trinajstić information content (AvgIpc) is 2.70. The molecule has 3 rings (SSSR count). The van der Waals surface area contributed by atoms with Gasteiger partial charge in [-0.2, -0.15) is 5.10 Å². The van der Waals surface area contributed by atoms with Crippen molar-refractivity contribution in [2.24, 2.45) is 5.73 Å². The van der Waals surface area contributed by atoms with Crippen molar-refractivity contribution in [3.8, 4) is 0 Å². The van der Waals surface area contributed by atoms with Gasteiger partial charge >= 0.3 is 5.97 Å². The Bertz CT molecular complexity index is 1230. The van der Waals surface area contributed by atoms with E-state index in [1.807, 2.05) is 0 Å². The molecule has 0 aliphatic carbocycles. The minimum atomic E-state index is -0.930. The first kappa shape index (κ1) is 21.2. The number of amides is 2. The second-order valence-electron chi connectivity index (χ2n) is 5.91. The SMILES string of the molecule is NC(=O)c1nn(CC(=O)OCC(=O)Nc2ncc(Cl)cc2Cl)c(=O)c2ccccc12. The smallest absolute Gasteiger partial charge is 0.328 e. The Morgan fingerprint density at radius 2 is 1.87 bits per heavy atom. The number of rotatable bonds is 6. The molecule has 0 radical (unpaired) electrons. The zero-order valence-electron chi connectivity index (χ0n) is 15.1. The maximum Gasteiger partial charge on any atom is 0.328 e. The molecule has 0 aliphatic heterocycles. The van der Waals surface area contributed by atoms with E-state index in [1.54, 1.807) is 12.1 Å². The summed E-state index contributed by atoms with van der Waals surface area (Å²) >= 11 is 11.6. The van der Waals surface area contributed by atoms with E-state index in [9.17, 15) is 19.2 Å². The number of nitrogens with zero attached hydrogens (tertiary/aromatic N) is 3. The number of carbonyl (C=O) groups is 3. The minimum Gasteiger partial charge on any atom is -0.454 e. The number of aromatic nitrogens is 3. The van der Waals surface area contributed by atoms with Crippen LogP contribution in [-0.2, 0) is 20.9 Å². The van der Waals surface area contributed by atoms with Crippen molar-refractivity contribution in [2.75, 3.05) is 11.9 Å². The van der Waals surface area contributed by atoms with Gasteiger partial charge in [0.2, 0.25) is 0 Å². The van der Waals surface area contributed by atoms with E-state index in [2.05, 4.69) is 15.4 Å². The maximum atomic E-state index is 12.5. The molecule has 2 amide bonds. The normalized spacial score (nSPS) is 10.6. The molecule has 12 heteroatoms. The monoisotopic (exact) mass is 449 g/mol. The number of carbonyl (C=O) groups excluding carboxylic acids is 3. The van der Waals surface area contributed by atoms with Crippen LogP contribution < -0.4 is 16.6 Å². The number of nitrogens with two attached hydrogens (primary N) is 1. The highest BCUT2D eigenvalue weighted by Gasteiger charge is 2.17. The molecule has 0 aliphatic rings. The van der Waals surface area contributed by atoms with Crippen LogP contribution in [0.2, 0.25) is 10.0 Å². The molecule has 0 unspecified atom stereocenters. The lowest BCUT2D eigenvalue weighted by molar-refractivity contribution is -0.148. The van der Waals surface area contributed by atoms with Gasteiger partial charge in [0.15, 0.2) is 18.1 Å². The van der Waals surface area contributed by atoms with Gasteiger partial charge in [-0.1, -0.05) is 41.4 Å². The molecule has 0 saturated heterocycles. The van der Waals surface area contributed by atoms with Gasteiger partial charge in [0, 0.05) is 11.6 Å². The van der Waals surface area contributed by atoms with Crippen LogP contribution in [-0.4, -0.2) is 39.2 Å². The Hall–Kier alpha value is -3.50. The second-order valence-corrected chi connectivity index (χ2v) is 6.76. The van der Waals surface area contributed by atoms with Crippen molar-refractivity contribution in [1.82, 2.24) is 14.8 Å². The zero-order chi connectivity index (χ0) is 21.8. The molecule has 0 fully saturated rings. The lowest BCUT2D eigenvalue weighted by atomic mass is 10.1. The summed E-state index contributed by atoms with van der Waals surface area (Å²) in [5, 5.41) is 7.02. The number of anilines is 1. The lowest BCUT2D eigenvalue weighted by Crippen LogP contribution is -2.32. The molecule has 3 N–H and O–H groups in total. The van der Waals surface area contributed by atoms with E-state index in [4.69, 9.17) is 33.7 Å². The second kappa shape index (κ2) is 8.89. The summed E-state index contributed by atoms with van der Waals surface area (Å²) in [5.41, 5.74) is 4.53. The van der Waals surface area contributed by atoms with E-state index in [0.29, 0.717) is 0 Å². The summed E-state index contributed by atoms with van der Waals surface area (Å²) < 4.78 is 5.60. The Kier molecular flexibility index (Phi) is 6.28. The van der Waals surface area contributed by atoms with E-state index < -0.39 is 36.5 Å². The first-order valence-electron chi connectivity index (χ1n) is 8.32. The van der Waals surface area contributed by atoms with E-state index in [0.717, 1.165) is 4.68 Å². The fraction of sp³-hybridized carbons (Fsp3) is 0.111. The third kappa shape index (κ3) is 4.73. The quantitative estimate of drug-likeness (QED) is 0.540. The van der Waals surface area contributed by atoms with Crippen molar-refractivity contribution in [3.05, 3.63) is 62.6 Å². The van der Waals surface area contributed by atoms with Crippen LogP contribution in [0.25, 0.3) is 10.8 Å². The van der Waals surface area contributed by atoms with Crippen molar-refractivity contribution >= 4 is 57.6 Å². The predicted molar refractivity (Wildman–Crippen MR) is 108 cm³/mol. The fourth-order valence-electron chi connectivity index (χ4n) is 2.51. The van der Waals surface area contributed by atoms with Crippen molar-refractivity contribution in [1.29, 1.82) is 0 Å². The maximum absolute atomic E-state index is 12.5. The molecule has 0 spiro atoms. The Morgan fingerprint density at radius 1 is 1.17 bits per heavy atom. The Labute approximate surface area is 178 Å². The van der Waals surface area contributed by atoms with Gasteiger partial charge in [0.05, 0.1) is 15.4 Å². The van der Waals surface area contributed by atoms with Gasteiger partial charge in [-0.15, -0.1) is 0 Å². The highest BCUT2D eigenvalue weighted by Crippen LogP contribution is 2.22. The van der Waals surface area contributed by atoms with Gasteiger partial charge < -0.3 is 15.8 Å². The summed E-state index contributed by atoms with van der Waals surface area (Å²) in [6.45, 7) is -1.29. The number of primary amides is 1. The first-order valence-corrected chi connectivity index (χ1v) is 9.08. The summed E-state index contributed by atoms with van der Waals surface area (Å²) in [6, 6.07) is 7.59. The standard InChI is InChI=1S/C18H13Cl2N5O5/c19-9-5-12(20)17(22-6-9)23-13(26)8-30-14(27)7-25-18(29)11-4-2-1-3-10(11)15(24-25)16(21)28/h1-6H,7-8H2,(H2,21,28)(H,22,23,26). The Balaban J connectivity index is 1.69. The van der Waals surface area contributed by atoms with E-state index in [-0.39, 0.29) is 32.3 Å². The summed E-state index contributed by atoms with van der Waals surface area (Å²) in [6.07, 6.45) is 1.28. The molecule has 10 nitrogen and oxygen atoms in total. The average molecular weight is 450 g/mol. The molecular formula is C18H13Cl2N5O5. The van der Waals surface area contributed by atoms with Crippen molar-refractivity contribution in [2.45, 2.75) is 6.54 Å². The number of benzene rings is 1. The lowest BCUT2D eigenvalue weighted by Gasteiger charge is -2.10. The van der Waals surface area contributed by atoms with Crippen LogP contribution in [0.15, 0.2) is 41.3 Å². The number of ether oxygens (including phenoxy) is 1. The molecule has 3 aromatic rings. The molecule has 2 heterocycles. The van der Waals surface area contributed by atoms with Crippen LogP contribution in [0, 0.1) is 0 Å². The van der Waals surface area contributed by atoms with E-state index >= 15 is 0 Å². The number of pyridine rings is 1. The number of hydrogen-bond donors (Lipinski definition) is 2. The topological polar surface area (TPSA) is 146 Å². The van der Waals surface area contributed by atoms with Gasteiger partial charge in [-0.25, -0.2) is 9.67 Å². The number of halogens is 2. The molecular weight excluding hydrogens is 437 g/mol. The number of fused-ring (bicyclic) bond motifs is 1. The van der Waals surface area contributed by atoms with Crippen LogP contribution in [0.4, 0.5) is 5.82 Å². The third-order valence-electron chi connectivity index (χ3n) is 3.81. The van der Waals surface area contributed by atoms with Crippen molar-refractivity contribution < 1.29 is 19.1 Å². The van der Waals surface area contributed by atoms with E-state index in [1.165, 1.54) is 24.4 Å². The summed E-state index contributed by atoms with van der Waals surface area (Å²) in [7, 11) is 0. The fourth-order valence-corrected chi connectivity index (χ4v) is 2.94. The van der Waals surface area contributed by atoms with Gasteiger partial charge in [-0.05, 0) is 12.1 Å². The third-order valence-corrected chi connectivity index (χ3v) is 4.30. The van der Waals surface area contributed by atoms with Crippen LogP contribution in [0.5, 0.6) is 0 Å². The molecule has 0 bridgehead atoms. The molecule has 2 aromatic heterocycles. The van der Waals surface area contributed by atoms with Crippen molar-refractivity contribution in [3.63, 3.8) is 0 Å². The highest BCUT2D eigenvalue weighted by atomic mass is 35.5. The van der Waals surface area contributed by atoms with Crippen LogP contribution >= 0.6 is 23.2 Å². The summed E-state index contributed by atoms with van der Waals surface area (Å²) in [4.78, 5) is 52.0. The number of hydrogen-bond acceptors (Lipinski definition) is 7. The highest BCUT2D eigenvalue weighted by molar-refractivity contribution is 6.36. The number of nitrogens with one attached hydrogen (secondary N) is 1. The molecule has 0 atom stereocenters. The largest absolute Gasteiger partial charge is 0.454 e. The molecule has 30 heavy (non-hydrogen) atoms. The van der Waals surface area contributed by atoms with Gasteiger partial charge in [-0.3, -0.25) is 19.2 Å². The zero-order valence-corrected chi connectivity index (χ0v) is 16.6. The van der Waals surface area contributed by atoms with Crippen LogP contribution in [0.1, 0.15) is 10.5 Å². The Morgan fingerprint density at radius 3 is 2.53 bits per heavy atom. The summed E-state index contributed by atoms with van der Waals surface area (Å²) in [5.74, 6) is -2.46. The molecule has 154 valence electrons. The van der Waals surface area contributed by atoms with Gasteiger partial charge in [0.25, 0.3) is 17.4 Å². The van der Waals surface area contributed by atoms with Gasteiger partial charge in [0.1, 0.15) is 6.54 Å². The number of esters is 1. The first-order chi connectivity index (χ1) is 14.3. The minimum absolute atomic E-state index is 0.0423. The molecule has 0 saturated carbocycles. The van der Waals surface area contributed by atoms with Crippen LogP contribution in [0.3, 0.4) is 0 Å². The predicted octanol–water partition coefficient (Wildman–Crippen LogP) is 1.38. The molecule has 1 aromatic carbocycles.